The zero-order valence-corrected chi connectivity index (χ0v) is 9.94. The summed E-state index contributed by atoms with van der Waals surface area (Å²) >= 11 is 0. The Morgan fingerprint density at radius 2 is 1.67 bits per heavy atom. The molecular formula is C11H12N4O3. The van der Waals surface area contributed by atoms with Gasteiger partial charge in [0.05, 0.1) is 5.71 Å². The normalized spacial score (nSPS) is 14.6. The molecule has 1 aliphatic heterocycles. The van der Waals surface area contributed by atoms with Gasteiger partial charge in [0.15, 0.2) is 0 Å². The number of carbonyl (C=O) groups excluding carboxylic acids is 2. The van der Waals surface area contributed by atoms with Crippen LogP contribution in [0.1, 0.15) is 12.5 Å². The first-order valence-electron chi connectivity index (χ1n) is 5.03. The van der Waals surface area contributed by atoms with Crippen molar-refractivity contribution in [2.24, 2.45) is 15.4 Å². The number of hydrogen-bond donors (Lipinski definition) is 1. The van der Waals surface area contributed by atoms with Crippen molar-refractivity contribution in [2.75, 3.05) is 7.05 Å². The van der Waals surface area contributed by atoms with Crippen LogP contribution in [0.3, 0.4) is 0 Å². The maximum absolute atomic E-state index is 10.2. The highest BCUT2D eigenvalue weighted by atomic mass is 16.4. The predicted molar refractivity (Wildman–Crippen MR) is 63.9 cm³/mol. The number of nitrogens with zero attached hydrogens (tertiary/aromatic N) is 4. The summed E-state index contributed by atoms with van der Waals surface area (Å²) in [5.41, 5.74) is 1.59. The molecule has 1 aromatic carbocycles. The van der Waals surface area contributed by atoms with E-state index in [1.54, 1.807) is 6.92 Å². The van der Waals surface area contributed by atoms with E-state index in [-0.39, 0.29) is 0 Å². The Balaban J connectivity index is 0.000000184. The highest BCUT2D eigenvalue weighted by molar-refractivity contribution is 5.98. The average Bonchev–Trinajstić information content (AvgIpc) is 2.71. The Morgan fingerprint density at radius 1 is 1.17 bits per heavy atom. The number of azo groups is 1. The molecule has 7 nitrogen and oxygen atoms in total. The van der Waals surface area contributed by atoms with E-state index < -0.39 is 12.1 Å². The molecule has 7 heteroatoms. The lowest BCUT2D eigenvalue weighted by atomic mass is 10.1. The first-order chi connectivity index (χ1) is 8.56. The molecule has 0 bridgehead atoms. The minimum Gasteiger partial charge on any atom is -0.411 e. The molecule has 0 atom stereocenters. The van der Waals surface area contributed by atoms with Crippen LogP contribution in [0.25, 0.3) is 0 Å². The van der Waals surface area contributed by atoms with Crippen molar-refractivity contribution >= 4 is 17.8 Å². The number of amides is 4. The molecule has 0 radical (unpaired) electrons. The molecule has 0 aromatic heterocycles. The summed E-state index contributed by atoms with van der Waals surface area (Å²) in [4.78, 5) is 21.3. The Kier molecular flexibility index (Phi) is 4.67. The lowest BCUT2D eigenvalue weighted by molar-refractivity contribution is 0.214. The largest absolute Gasteiger partial charge is 0.411 e. The van der Waals surface area contributed by atoms with Gasteiger partial charge >= 0.3 is 12.1 Å². The van der Waals surface area contributed by atoms with E-state index in [2.05, 4.69) is 15.4 Å². The highest BCUT2D eigenvalue weighted by Crippen LogP contribution is 2.02. The molecule has 18 heavy (non-hydrogen) atoms. The van der Waals surface area contributed by atoms with Gasteiger partial charge in [-0.15, -0.1) is 0 Å². The van der Waals surface area contributed by atoms with Gasteiger partial charge in [-0.05, 0) is 12.5 Å². The van der Waals surface area contributed by atoms with Crippen LogP contribution in [-0.4, -0.2) is 34.9 Å². The molecule has 0 fully saturated rings. The van der Waals surface area contributed by atoms with Gasteiger partial charge in [0.25, 0.3) is 0 Å². The monoisotopic (exact) mass is 248 g/mol. The lowest BCUT2D eigenvalue weighted by Gasteiger charge is -1.96. The van der Waals surface area contributed by atoms with Crippen molar-refractivity contribution in [3.05, 3.63) is 35.9 Å². The Bertz CT molecular complexity index is 478. The van der Waals surface area contributed by atoms with Gasteiger partial charge in [-0.3, -0.25) is 0 Å². The molecule has 0 saturated heterocycles. The van der Waals surface area contributed by atoms with Crippen LogP contribution in [0.15, 0.2) is 45.7 Å². The van der Waals surface area contributed by atoms with Crippen molar-refractivity contribution in [1.82, 2.24) is 4.90 Å². The predicted octanol–water partition coefficient (Wildman–Crippen LogP) is 2.51. The van der Waals surface area contributed by atoms with Crippen LogP contribution in [-0.2, 0) is 0 Å². The van der Waals surface area contributed by atoms with E-state index in [1.807, 2.05) is 30.3 Å². The van der Waals surface area contributed by atoms with Crippen LogP contribution in [0, 0.1) is 0 Å². The molecule has 0 saturated carbocycles. The smallest absolute Gasteiger partial charge is 0.370 e. The zero-order chi connectivity index (χ0) is 13.5. The highest BCUT2D eigenvalue weighted by Gasteiger charge is 2.21. The first kappa shape index (κ1) is 13.5. The maximum atomic E-state index is 10.2. The summed E-state index contributed by atoms with van der Waals surface area (Å²) in [6, 6.07) is 8.33. The summed E-state index contributed by atoms with van der Waals surface area (Å²) in [7, 11) is 1.32. The third-order valence-corrected chi connectivity index (χ3v) is 2.14. The average molecular weight is 248 g/mol. The molecule has 1 N–H and O–H groups in total. The number of imide groups is 1. The molecule has 2 rings (SSSR count). The summed E-state index contributed by atoms with van der Waals surface area (Å²) in [5.74, 6) is 0. The second-order valence-corrected chi connectivity index (χ2v) is 3.38. The fraction of sp³-hybridized carbons (Fsp3) is 0.182. The summed E-state index contributed by atoms with van der Waals surface area (Å²) in [5, 5.41) is 17.4. The van der Waals surface area contributed by atoms with E-state index in [0.717, 1.165) is 10.5 Å². The standard InChI is InChI=1S/C8H9NO.C3H3N3O2/c1-7(9-10)8-5-3-2-4-6-8;1-6-2(7)4-5-3(6)8/h2-6,10H,1H3;1H3/b9-7-;. The molecular weight excluding hydrogens is 236 g/mol. The minimum atomic E-state index is -0.602. The van der Waals surface area contributed by atoms with Crippen LogP contribution in [0.2, 0.25) is 0 Å². The fourth-order valence-corrected chi connectivity index (χ4v) is 1.04. The maximum Gasteiger partial charge on any atom is 0.370 e. The summed E-state index contributed by atoms with van der Waals surface area (Å²) in [6.07, 6.45) is 0. The number of oxime groups is 1. The Hall–Kier alpha value is -2.57. The number of benzene rings is 1. The molecule has 1 heterocycles. The molecule has 94 valence electrons. The minimum absolute atomic E-state index is 0.602. The lowest BCUT2D eigenvalue weighted by Crippen LogP contribution is -2.21. The Labute approximate surface area is 103 Å². The van der Waals surface area contributed by atoms with Crippen LogP contribution < -0.4 is 0 Å². The molecule has 0 spiro atoms. The van der Waals surface area contributed by atoms with Gasteiger partial charge < -0.3 is 5.21 Å². The van der Waals surface area contributed by atoms with E-state index in [0.29, 0.717) is 5.71 Å². The van der Waals surface area contributed by atoms with E-state index in [9.17, 15) is 9.59 Å². The van der Waals surface area contributed by atoms with Crippen molar-refractivity contribution in [2.45, 2.75) is 6.92 Å². The van der Waals surface area contributed by atoms with Crippen molar-refractivity contribution < 1.29 is 14.8 Å². The van der Waals surface area contributed by atoms with E-state index >= 15 is 0 Å². The van der Waals surface area contributed by atoms with Crippen molar-refractivity contribution in [1.29, 1.82) is 0 Å². The Morgan fingerprint density at radius 3 is 2.00 bits per heavy atom. The fourth-order valence-electron chi connectivity index (χ4n) is 1.04. The number of carbonyl (C=O) groups is 2. The van der Waals surface area contributed by atoms with Crippen LogP contribution >= 0.6 is 0 Å². The van der Waals surface area contributed by atoms with Crippen molar-refractivity contribution in [3.8, 4) is 0 Å². The first-order valence-corrected chi connectivity index (χ1v) is 5.03. The molecule has 0 aliphatic carbocycles. The zero-order valence-electron chi connectivity index (χ0n) is 9.94. The quantitative estimate of drug-likeness (QED) is 0.470. The third kappa shape index (κ3) is 3.48. The van der Waals surface area contributed by atoms with Gasteiger partial charge in [-0.2, -0.15) is 0 Å². The van der Waals surface area contributed by atoms with Crippen LogP contribution in [0.5, 0.6) is 0 Å². The number of hydrogen-bond acceptors (Lipinski definition) is 4. The van der Waals surface area contributed by atoms with Gasteiger partial charge in [-0.1, -0.05) is 45.7 Å². The van der Waals surface area contributed by atoms with Crippen molar-refractivity contribution in [3.63, 3.8) is 0 Å². The molecule has 0 unspecified atom stereocenters. The third-order valence-electron chi connectivity index (χ3n) is 2.14. The second-order valence-electron chi connectivity index (χ2n) is 3.38. The van der Waals surface area contributed by atoms with Crippen LogP contribution in [0.4, 0.5) is 9.59 Å². The molecule has 1 aromatic rings. The van der Waals surface area contributed by atoms with E-state index in [1.165, 1.54) is 7.05 Å². The SMILES string of the molecule is C/C(=N/O)c1ccccc1.CN1C(=O)N=NC1=O. The van der Waals surface area contributed by atoms with Gasteiger partial charge in [0.1, 0.15) is 0 Å². The number of rotatable bonds is 1. The second kappa shape index (κ2) is 6.24. The van der Waals surface area contributed by atoms with Gasteiger partial charge in [0.2, 0.25) is 0 Å². The van der Waals surface area contributed by atoms with Gasteiger partial charge in [-0.25, -0.2) is 14.5 Å². The van der Waals surface area contributed by atoms with E-state index in [4.69, 9.17) is 5.21 Å². The summed E-state index contributed by atoms with van der Waals surface area (Å²) in [6.45, 7) is 1.76. The summed E-state index contributed by atoms with van der Waals surface area (Å²) < 4.78 is 0. The molecule has 4 amide bonds. The molecule has 1 aliphatic rings. The topological polar surface area (TPSA) is 94.7 Å². The number of urea groups is 2. The van der Waals surface area contributed by atoms with Gasteiger partial charge in [0, 0.05) is 7.05 Å².